The highest BCUT2D eigenvalue weighted by molar-refractivity contribution is 5.98. The first-order valence-corrected chi connectivity index (χ1v) is 30.2. The molecule has 3 aromatic carbocycles. The number of carboxylic acid groups (broad SMARTS) is 1. The summed E-state index contributed by atoms with van der Waals surface area (Å²) in [6, 6.07) is 13.3. The summed E-state index contributed by atoms with van der Waals surface area (Å²) in [5.74, 6) is -9.27. The van der Waals surface area contributed by atoms with E-state index in [9.17, 15) is 63.3 Å². The maximum absolute atomic E-state index is 14.4. The number of guanidine groups is 3. The standard InChI is InChI=1S/C60H87N19O13/c61-39(20-10-24-68-58(62)63)49(83)73-40(21-11-25-69-59(64)65)55(89)78-27-13-23-46(78)56(90)79-33-38(81)31-47(79)54(88)71-32-48(82)72-42(28-35-14-4-1-5-15-35)50(84)77-45(34-80)53(87)76-44(30-37-18-8-3-9-19-37)52(86)75-43(29-36-16-6-2-7-17-36)51(85)74-41(57(91)92)22-12-26-70-60(66)67/h1-9,14-19,38-47,80-81H,10-13,20-34,61H2,(H,71,88)(H,72,82)(H,73,83)(H,74,85)(H,75,86)(H,76,87)(H,77,84)(H,91,92)(H4,62,63,68)(H4,64,65,69)(H4,66,67,70)/t38-,39-,40+,41+,42+,43+,44-,45+,46+,47-/m1/s1. The van der Waals surface area contributed by atoms with Crippen LogP contribution in [0.25, 0.3) is 0 Å². The molecule has 3 aromatic rings. The molecular weight excluding hydrogens is 1190 g/mol. The Kier molecular flexibility index (Phi) is 29.5. The number of aliphatic carboxylic acids is 1. The zero-order valence-electron chi connectivity index (χ0n) is 51.1. The van der Waals surface area contributed by atoms with Crippen molar-refractivity contribution < 1.29 is 63.3 Å². The molecule has 0 saturated carbocycles. The van der Waals surface area contributed by atoms with Crippen LogP contribution >= 0.6 is 0 Å². The first-order chi connectivity index (χ1) is 43.9. The highest BCUT2D eigenvalue weighted by atomic mass is 16.4. The van der Waals surface area contributed by atoms with E-state index in [0.717, 1.165) is 4.90 Å². The molecule has 2 aliphatic heterocycles. The van der Waals surface area contributed by atoms with Crippen molar-refractivity contribution in [2.75, 3.05) is 45.9 Å². The van der Waals surface area contributed by atoms with Gasteiger partial charge >= 0.3 is 5.97 Å². The number of nitrogens with one attached hydrogen (secondary N) is 7. The number of carbonyl (C=O) groups is 10. The number of likely N-dealkylation sites (tertiary alicyclic amines) is 2. The molecule has 2 saturated heterocycles. The Hall–Kier alpha value is -9.95. The van der Waals surface area contributed by atoms with E-state index in [1.807, 2.05) is 0 Å². The van der Waals surface area contributed by atoms with Gasteiger partial charge < -0.3 is 102 Å². The number of hydrogen-bond donors (Lipinski definition) is 17. The molecule has 10 atom stereocenters. The fourth-order valence-electron chi connectivity index (χ4n) is 10.4. The van der Waals surface area contributed by atoms with Gasteiger partial charge in [0.25, 0.3) is 0 Å². The first-order valence-electron chi connectivity index (χ1n) is 30.2. The van der Waals surface area contributed by atoms with Crippen LogP contribution in [0, 0.1) is 0 Å². The molecule has 9 amide bonds. The summed E-state index contributed by atoms with van der Waals surface area (Å²) >= 11 is 0. The van der Waals surface area contributed by atoms with Crippen LogP contribution < -0.4 is 77.4 Å². The minimum Gasteiger partial charge on any atom is -0.480 e. The highest BCUT2D eigenvalue weighted by Crippen LogP contribution is 2.27. The Bertz CT molecular complexity index is 3060. The second-order valence-corrected chi connectivity index (χ2v) is 22.3. The van der Waals surface area contributed by atoms with E-state index in [-0.39, 0.29) is 115 Å². The maximum Gasteiger partial charge on any atom is 0.326 e. The lowest BCUT2D eigenvalue weighted by atomic mass is 10.0. The van der Waals surface area contributed by atoms with Gasteiger partial charge in [0.15, 0.2) is 17.9 Å². The fourth-order valence-corrected chi connectivity index (χ4v) is 10.4. The summed E-state index contributed by atoms with van der Waals surface area (Å²) in [5.41, 5.74) is 40.4. The van der Waals surface area contributed by atoms with Crippen molar-refractivity contribution >= 4 is 77.0 Å². The minimum atomic E-state index is -1.75. The third-order valence-corrected chi connectivity index (χ3v) is 15.1. The van der Waals surface area contributed by atoms with E-state index in [1.165, 1.54) is 4.90 Å². The second-order valence-electron chi connectivity index (χ2n) is 22.3. The van der Waals surface area contributed by atoms with E-state index >= 15 is 0 Å². The lowest BCUT2D eigenvalue weighted by Gasteiger charge is -2.33. The molecule has 0 bridgehead atoms. The molecule has 500 valence electrons. The summed E-state index contributed by atoms with van der Waals surface area (Å²) in [5, 5.41) is 49.4. The molecule has 5 rings (SSSR count). The SMILES string of the molecule is NC(N)=NCCC[C@@H](N)C(=O)N[C@@H](CCCN=C(N)N)C(=O)N1CCC[C@H]1C(=O)N1C[C@H](O)C[C@@H]1C(=O)NCC(=O)N[C@@H](Cc1ccccc1)C(=O)N[C@@H](CO)C(=O)N[C@H](Cc1ccccc1)C(=O)N[C@@H](Cc1ccccc1)C(=O)N[C@@H](CCCN=C(N)N)C(=O)O. The molecule has 24 N–H and O–H groups in total. The van der Waals surface area contributed by atoms with E-state index < -0.39 is 133 Å². The average Bonchev–Trinajstić information content (AvgIpc) is 1.75. The summed E-state index contributed by atoms with van der Waals surface area (Å²) in [4.78, 5) is 153. The van der Waals surface area contributed by atoms with E-state index in [0.29, 0.717) is 29.5 Å². The largest absolute Gasteiger partial charge is 0.480 e. The molecule has 2 heterocycles. The average molecular weight is 1280 g/mol. The second kappa shape index (κ2) is 37.3. The number of carboxylic acids is 1. The third kappa shape index (κ3) is 24.1. The summed E-state index contributed by atoms with van der Waals surface area (Å²) in [6.45, 7) is -1.52. The summed E-state index contributed by atoms with van der Waals surface area (Å²) in [6.07, 6.45) is -0.323. The highest BCUT2D eigenvalue weighted by Gasteiger charge is 2.46. The van der Waals surface area contributed by atoms with Gasteiger partial charge in [-0.05, 0) is 68.1 Å². The van der Waals surface area contributed by atoms with Gasteiger partial charge in [-0.3, -0.25) is 58.1 Å². The number of β-amino-alcohol motifs (C(OH)–C–C–N with tert-alkyl or cyclic N) is 1. The molecule has 0 aliphatic carbocycles. The van der Waals surface area contributed by atoms with E-state index in [1.54, 1.807) is 91.0 Å². The Morgan fingerprint density at radius 1 is 0.522 bits per heavy atom. The maximum atomic E-state index is 14.4. The number of benzene rings is 3. The van der Waals surface area contributed by atoms with Crippen LogP contribution in [0.2, 0.25) is 0 Å². The van der Waals surface area contributed by atoms with Crippen LogP contribution in [0.5, 0.6) is 0 Å². The predicted octanol–water partition coefficient (Wildman–Crippen LogP) is -5.74. The number of hydrogen-bond acceptors (Lipinski definition) is 16. The summed E-state index contributed by atoms with van der Waals surface area (Å²) < 4.78 is 0. The lowest BCUT2D eigenvalue weighted by Crippen LogP contribution is -2.60. The van der Waals surface area contributed by atoms with Gasteiger partial charge in [-0.2, -0.15) is 0 Å². The number of rotatable bonds is 36. The zero-order valence-corrected chi connectivity index (χ0v) is 51.1. The molecule has 0 spiro atoms. The summed E-state index contributed by atoms with van der Waals surface area (Å²) in [7, 11) is 0. The lowest BCUT2D eigenvalue weighted by molar-refractivity contribution is -0.148. The number of aliphatic hydroxyl groups is 2. The Morgan fingerprint density at radius 2 is 0.935 bits per heavy atom. The molecule has 0 unspecified atom stereocenters. The molecule has 2 fully saturated rings. The van der Waals surface area contributed by atoms with Crippen LogP contribution in [-0.2, 0) is 67.2 Å². The molecule has 92 heavy (non-hydrogen) atoms. The number of aliphatic imine (C=N–C) groups is 3. The van der Waals surface area contributed by atoms with Gasteiger partial charge in [-0.25, -0.2) is 4.79 Å². The van der Waals surface area contributed by atoms with Crippen molar-refractivity contribution in [3.05, 3.63) is 108 Å². The van der Waals surface area contributed by atoms with Crippen LogP contribution in [0.1, 0.15) is 74.5 Å². The van der Waals surface area contributed by atoms with Crippen molar-refractivity contribution in [3.63, 3.8) is 0 Å². The zero-order chi connectivity index (χ0) is 67.3. The van der Waals surface area contributed by atoms with Crippen molar-refractivity contribution in [2.24, 2.45) is 55.1 Å². The topological polar surface area (TPSA) is 541 Å². The molecule has 0 aromatic heterocycles. The predicted molar refractivity (Wildman–Crippen MR) is 338 cm³/mol. The number of amides is 9. The Balaban J connectivity index is 1.28. The third-order valence-electron chi connectivity index (χ3n) is 15.1. The fraction of sp³-hybridized carbons (Fsp3) is 0.483. The normalized spacial score (nSPS) is 17.3. The van der Waals surface area contributed by atoms with Gasteiger partial charge in [-0.15, -0.1) is 0 Å². The van der Waals surface area contributed by atoms with Crippen LogP contribution in [-0.4, -0.2) is 208 Å². The molecule has 32 nitrogen and oxygen atoms in total. The van der Waals surface area contributed by atoms with Gasteiger partial charge in [0.1, 0.15) is 48.3 Å². The van der Waals surface area contributed by atoms with E-state index in [2.05, 4.69) is 52.2 Å². The van der Waals surface area contributed by atoms with Gasteiger partial charge in [0.05, 0.1) is 25.3 Å². The van der Waals surface area contributed by atoms with Gasteiger partial charge in [-0.1, -0.05) is 91.0 Å². The van der Waals surface area contributed by atoms with E-state index in [4.69, 9.17) is 40.1 Å². The van der Waals surface area contributed by atoms with Crippen LogP contribution in [0.3, 0.4) is 0 Å². The van der Waals surface area contributed by atoms with Crippen molar-refractivity contribution in [1.82, 2.24) is 47.0 Å². The van der Waals surface area contributed by atoms with Crippen LogP contribution in [0.15, 0.2) is 106 Å². The molecule has 0 radical (unpaired) electrons. The molecular formula is C60H87N19O13. The Morgan fingerprint density at radius 3 is 1.39 bits per heavy atom. The van der Waals surface area contributed by atoms with Crippen molar-refractivity contribution in [1.29, 1.82) is 0 Å². The number of aliphatic hydroxyl groups excluding tert-OH is 2. The van der Waals surface area contributed by atoms with Gasteiger partial charge in [0, 0.05) is 58.4 Å². The quantitative estimate of drug-likeness (QED) is 0.0147. The van der Waals surface area contributed by atoms with Crippen molar-refractivity contribution in [2.45, 2.75) is 138 Å². The first kappa shape index (κ1) is 72.8. The number of nitrogens with zero attached hydrogens (tertiary/aromatic N) is 5. The Labute approximate surface area is 531 Å². The van der Waals surface area contributed by atoms with Crippen LogP contribution in [0.4, 0.5) is 0 Å². The molecule has 32 heteroatoms. The number of nitrogens with two attached hydrogens (primary N) is 7. The molecule has 2 aliphatic rings. The smallest absolute Gasteiger partial charge is 0.326 e. The number of carbonyl (C=O) groups excluding carboxylic acids is 9. The monoisotopic (exact) mass is 1280 g/mol. The minimum absolute atomic E-state index is 0.0596. The van der Waals surface area contributed by atoms with Gasteiger partial charge in [0.2, 0.25) is 53.2 Å². The van der Waals surface area contributed by atoms with Crippen molar-refractivity contribution in [3.8, 4) is 0 Å².